The zero-order valence-electron chi connectivity index (χ0n) is 8.99. The second-order valence-electron chi connectivity index (χ2n) is 3.89. The van der Waals surface area contributed by atoms with Crippen LogP contribution in [0.1, 0.15) is 16.8 Å². The molecule has 1 fully saturated rings. The molecule has 1 saturated heterocycles. The first-order chi connectivity index (χ1) is 8.40. The van der Waals surface area contributed by atoms with Crippen LogP contribution in [0.15, 0.2) is 16.6 Å². The van der Waals surface area contributed by atoms with Crippen LogP contribution in [0, 0.1) is 5.82 Å². The molecule has 0 spiro atoms. The van der Waals surface area contributed by atoms with Crippen LogP contribution in [0.2, 0.25) is 0 Å². The van der Waals surface area contributed by atoms with Crippen LogP contribution in [-0.4, -0.2) is 28.4 Å². The van der Waals surface area contributed by atoms with E-state index in [0.717, 1.165) is 12.1 Å². The number of benzene rings is 1. The summed E-state index contributed by atoms with van der Waals surface area (Å²) in [6.07, 6.45) is 0.295. The number of rotatable bonds is 2. The summed E-state index contributed by atoms with van der Waals surface area (Å²) >= 11 is 6.43. The van der Waals surface area contributed by atoms with Crippen LogP contribution in [0.4, 0.5) is 10.1 Å². The monoisotopic (exact) mass is 379 g/mol. The average Bonchev–Trinajstić information content (AvgIpc) is 2.56. The zero-order chi connectivity index (χ0) is 13.4. The topological polar surface area (TPSA) is 57.6 Å². The molecule has 1 N–H and O–H groups in total. The van der Waals surface area contributed by atoms with E-state index < -0.39 is 11.8 Å². The minimum atomic E-state index is -1.27. The number of carboxylic acid groups (broad SMARTS) is 1. The molecule has 1 aliphatic heterocycles. The van der Waals surface area contributed by atoms with Gasteiger partial charge in [-0.25, -0.2) is 9.18 Å². The molecule has 1 aromatic carbocycles. The van der Waals surface area contributed by atoms with E-state index in [4.69, 9.17) is 5.11 Å². The maximum absolute atomic E-state index is 13.2. The summed E-state index contributed by atoms with van der Waals surface area (Å²) in [6, 6.07) is 2.06. The van der Waals surface area contributed by atoms with Gasteiger partial charge in [0.1, 0.15) is 5.82 Å². The Bertz CT molecular complexity index is 535. The van der Waals surface area contributed by atoms with Crippen LogP contribution in [0.3, 0.4) is 0 Å². The second kappa shape index (κ2) is 4.97. The molecule has 18 heavy (non-hydrogen) atoms. The molecule has 1 unspecified atom stereocenters. The number of hydrogen-bond acceptors (Lipinski definition) is 2. The molecule has 0 radical (unpaired) electrons. The highest BCUT2D eigenvalue weighted by Crippen LogP contribution is 2.35. The molecule has 96 valence electrons. The maximum Gasteiger partial charge on any atom is 0.337 e. The first kappa shape index (κ1) is 13.5. The quantitative estimate of drug-likeness (QED) is 0.802. The Balaban J connectivity index is 2.56. The molecular weight excluding hydrogens is 373 g/mol. The van der Waals surface area contributed by atoms with E-state index in [9.17, 15) is 14.0 Å². The van der Waals surface area contributed by atoms with Gasteiger partial charge >= 0.3 is 5.97 Å². The lowest BCUT2D eigenvalue weighted by Crippen LogP contribution is -2.27. The number of carbonyl (C=O) groups excluding carboxylic acids is 1. The summed E-state index contributed by atoms with van der Waals surface area (Å²) in [7, 11) is 0. The number of halogens is 3. The van der Waals surface area contributed by atoms with Gasteiger partial charge in [-0.3, -0.25) is 4.79 Å². The van der Waals surface area contributed by atoms with Crippen molar-refractivity contribution in [3.8, 4) is 0 Å². The van der Waals surface area contributed by atoms with Crippen LogP contribution < -0.4 is 4.90 Å². The van der Waals surface area contributed by atoms with Crippen molar-refractivity contribution >= 4 is 49.4 Å². The van der Waals surface area contributed by atoms with Gasteiger partial charge in [-0.1, -0.05) is 15.9 Å². The highest BCUT2D eigenvalue weighted by Gasteiger charge is 2.33. The zero-order valence-corrected chi connectivity index (χ0v) is 12.2. The third-order valence-electron chi connectivity index (χ3n) is 2.61. The molecule has 0 saturated carbocycles. The molecule has 0 bridgehead atoms. The maximum atomic E-state index is 13.2. The molecule has 2 rings (SSSR count). The molecule has 0 aromatic heterocycles. The highest BCUT2D eigenvalue weighted by atomic mass is 79.9. The van der Waals surface area contributed by atoms with Crippen molar-refractivity contribution in [2.75, 3.05) is 11.4 Å². The van der Waals surface area contributed by atoms with Crippen LogP contribution >= 0.6 is 31.9 Å². The van der Waals surface area contributed by atoms with Gasteiger partial charge in [-0.2, -0.15) is 0 Å². The number of carboxylic acids is 1. The predicted molar refractivity (Wildman–Crippen MR) is 70.7 cm³/mol. The van der Waals surface area contributed by atoms with Crippen molar-refractivity contribution < 1.29 is 19.1 Å². The van der Waals surface area contributed by atoms with E-state index in [-0.39, 0.29) is 26.5 Å². The summed E-state index contributed by atoms with van der Waals surface area (Å²) in [5.41, 5.74) is -0.0207. The predicted octanol–water partition coefficient (Wildman–Crippen LogP) is 2.79. The fraction of sp³-hybridized carbons (Fsp3) is 0.273. The Hall–Kier alpha value is -0.950. The van der Waals surface area contributed by atoms with Gasteiger partial charge in [0.2, 0.25) is 5.91 Å². The van der Waals surface area contributed by atoms with Crippen molar-refractivity contribution in [2.24, 2.45) is 0 Å². The standard InChI is InChI=1S/C11H8Br2FNO3/c12-5-1-9(16)15(4-5)10-7(11(17)18)2-6(14)3-8(10)13/h2-3,5H,1,4H2,(H,17,18). The Morgan fingerprint density at radius 2 is 2.17 bits per heavy atom. The fourth-order valence-electron chi connectivity index (χ4n) is 1.88. The molecule has 1 atom stereocenters. The van der Waals surface area contributed by atoms with E-state index in [1.807, 2.05) is 0 Å². The lowest BCUT2D eigenvalue weighted by molar-refractivity contribution is -0.117. The van der Waals surface area contributed by atoms with Crippen molar-refractivity contribution in [3.63, 3.8) is 0 Å². The minimum absolute atomic E-state index is 0.0244. The molecule has 7 heteroatoms. The number of amides is 1. The van der Waals surface area contributed by atoms with Crippen LogP contribution in [-0.2, 0) is 4.79 Å². The summed E-state index contributed by atoms with van der Waals surface area (Å²) in [6.45, 7) is 0.364. The van der Waals surface area contributed by atoms with Gasteiger partial charge in [0, 0.05) is 22.3 Å². The Morgan fingerprint density at radius 3 is 2.67 bits per heavy atom. The summed E-state index contributed by atoms with van der Waals surface area (Å²) in [5.74, 6) is -2.12. The van der Waals surface area contributed by atoms with E-state index >= 15 is 0 Å². The lowest BCUT2D eigenvalue weighted by atomic mass is 10.1. The molecular formula is C11H8Br2FNO3. The van der Waals surface area contributed by atoms with Crippen molar-refractivity contribution in [2.45, 2.75) is 11.2 Å². The van der Waals surface area contributed by atoms with Gasteiger partial charge in [0.05, 0.1) is 11.3 Å². The van der Waals surface area contributed by atoms with Crippen LogP contribution in [0.25, 0.3) is 0 Å². The fourth-order valence-corrected chi connectivity index (χ4v) is 3.10. The first-order valence-corrected chi connectivity index (χ1v) is 6.77. The third-order valence-corrected chi connectivity index (χ3v) is 3.82. The minimum Gasteiger partial charge on any atom is -0.478 e. The SMILES string of the molecule is O=C(O)c1cc(F)cc(Br)c1N1CC(Br)CC1=O. The summed E-state index contributed by atoms with van der Waals surface area (Å²) in [5, 5.41) is 9.09. The van der Waals surface area contributed by atoms with Crippen molar-refractivity contribution in [1.82, 2.24) is 0 Å². The second-order valence-corrected chi connectivity index (χ2v) is 6.04. The third kappa shape index (κ3) is 2.42. The number of anilines is 1. The molecule has 1 amide bonds. The number of aromatic carboxylic acids is 1. The number of alkyl halides is 1. The molecule has 1 aromatic rings. The van der Waals surface area contributed by atoms with Crippen molar-refractivity contribution in [3.05, 3.63) is 28.0 Å². The molecule has 0 aliphatic carbocycles. The largest absolute Gasteiger partial charge is 0.478 e. The van der Waals surface area contributed by atoms with E-state index in [1.54, 1.807) is 0 Å². The normalized spacial score (nSPS) is 19.4. The lowest BCUT2D eigenvalue weighted by Gasteiger charge is -2.20. The summed E-state index contributed by atoms with van der Waals surface area (Å²) in [4.78, 5) is 24.2. The van der Waals surface area contributed by atoms with Gasteiger partial charge in [-0.05, 0) is 28.1 Å². The molecule has 1 heterocycles. The van der Waals surface area contributed by atoms with Gasteiger partial charge in [-0.15, -0.1) is 0 Å². The molecule has 4 nitrogen and oxygen atoms in total. The number of hydrogen-bond donors (Lipinski definition) is 1. The van der Waals surface area contributed by atoms with E-state index in [1.165, 1.54) is 4.90 Å². The van der Waals surface area contributed by atoms with Gasteiger partial charge in [0.15, 0.2) is 0 Å². The Morgan fingerprint density at radius 1 is 1.50 bits per heavy atom. The number of nitrogens with zero attached hydrogens (tertiary/aromatic N) is 1. The first-order valence-electron chi connectivity index (χ1n) is 5.07. The summed E-state index contributed by atoms with van der Waals surface area (Å²) < 4.78 is 13.5. The van der Waals surface area contributed by atoms with E-state index in [0.29, 0.717) is 13.0 Å². The van der Waals surface area contributed by atoms with Crippen LogP contribution in [0.5, 0.6) is 0 Å². The van der Waals surface area contributed by atoms with Gasteiger partial charge < -0.3 is 10.0 Å². The van der Waals surface area contributed by atoms with Crippen molar-refractivity contribution in [1.29, 1.82) is 0 Å². The highest BCUT2D eigenvalue weighted by molar-refractivity contribution is 9.10. The number of carbonyl (C=O) groups is 2. The molecule has 1 aliphatic rings. The average molecular weight is 381 g/mol. The Kier molecular flexibility index (Phi) is 3.72. The Labute approximate surface area is 119 Å². The van der Waals surface area contributed by atoms with E-state index in [2.05, 4.69) is 31.9 Å². The smallest absolute Gasteiger partial charge is 0.337 e. The van der Waals surface area contributed by atoms with Gasteiger partial charge in [0.25, 0.3) is 0 Å².